The van der Waals surface area contributed by atoms with E-state index in [1.165, 1.54) is 17.7 Å². The molecule has 1 fully saturated rings. The molecule has 0 bridgehead atoms. The third-order valence-corrected chi connectivity index (χ3v) is 10.9. The van der Waals surface area contributed by atoms with Gasteiger partial charge in [0, 0.05) is 32.8 Å². The van der Waals surface area contributed by atoms with Crippen LogP contribution in [0.4, 0.5) is 0 Å². The Bertz CT molecular complexity index is 2070. The number of sulfonamides is 1. The molecule has 3 atom stereocenters. The van der Waals surface area contributed by atoms with E-state index in [4.69, 9.17) is 23.2 Å². The minimum Gasteiger partial charge on any atom is -0.345 e. The Morgan fingerprint density at radius 3 is 1.62 bits per heavy atom. The Morgan fingerprint density at radius 1 is 0.691 bits per heavy atom. The minimum atomic E-state index is -3.58. The molecule has 0 spiro atoms. The van der Waals surface area contributed by atoms with Crippen LogP contribution < -0.4 is 15.4 Å². The summed E-state index contributed by atoms with van der Waals surface area (Å²) in [7, 11) is -1.16. The predicted molar refractivity (Wildman–Crippen MR) is 233 cm³/mol. The van der Waals surface area contributed by atoms with Crippen molar-refractivity contribution in [1.82, 2.24) is 15.4 Å². The van der Waals surface area contributed by atoms with Crippen molar-refractivity contribution in [3.8, 4) is 0 Å². The summed E-state index contributed by atoms with van der Waals surface area (Å²) in [5.74, 6) is -0.377. The van der Waals surface area contributed by atoms with Crippen LogP contribution in [0.1, 0.15) is 114 Å². The smallest absolute Gasteiger partial charge is 0.251 e. The molecule has 0 aliphatic heterocycles. The number of carbonyl (C=O) groups is 2. The van der Waals surface area contributed by atoms with E-state index in [1.54, 1.807) is 24.3 Å². The molecule has 8 nitrogen and oxygen atoms in total. The maximum absolute atomic E-state index is 12.6. The summed E-state index contributed by atoms with van der Waals surface area (Å²) < 4.78 is 27.3. The zero-order valence-electron chi connectivity index (χ0n) is 32.3. The van der Waals surface area contributed by atoms with Crippen molar-refractivity contribution < 1.29 is 18.0 Å². The third-order valence-electron chi connectivity index (χ3n) is 8.93. The zero-order chi connectivity index (χ0) is 40.7. The number of fused-ring (bicyclic) bond motifs is 2. The summed E-state index contributed by atoms with van der Waals surface area (Å²) in [5, 5.41) is 7.53. The van der Waals surface area contributed by atoms with Gasteiger partial charge in [0.15, 0.2) is 0 Å². The zero-order valence-corrected chi connectivity index (χ0v) is 35.8. The highest BCUT2D eigenvalue weighted by Crippen LogP contribution is 2.34. The molecule has 55 heavy (non-hydrogen) atoms. The largest absolute Gasteiger partial charge is 0.345 e. The summed E-state index contributed by atoms with van der Waals surface area (Å²) in [6.45, 7) is 17.2. The molecule has 2 amide bonds. The van der Waals surface area contributed by atoms with Gasteiger partial charge in [-0.05, 0) is 122 Å². The van der Waals surface area contributed by atoms with Gasteiger partial charge in [-0.3, -0.25) is 14.6 Å². The van der Waals surface area contributed by atoms with Gasteiger partial charge < -0.3 is 10.6 Å². The van der Waals surface area contributed by atoms with Crippen molar-refractivity contribution in [3.63, 3.8) is 0 Å². The first kappa shape index (κ1) is 45.5. The second kappa shape index (κ2) is 22.0. The van der Waals surface area contributed by atoms with E-state index in [0.717, 1.165) is 65.8 Å². The van der Waals surface area contributed by atoms with Crippen LogP contribution in [-0.4, -0.2) is 39.7 Å². The molecule has 4 aromatic rings. The van der Waals surface area contributed by atoms with Crippen molar-refractivity contribution in [2.24, 2.45) is 4.99 Å². The number of halogens is 2. The van der Waals surface area contributed by atoms with Gasteiger partial charge in [0.1, 0.15) is 0 Å². The van der Waals surface area contributed by atoms with Crippen LogP contribution in [0.2, 0.25) is 10.0 Å². The van der Waals surface area contributed by atoms with E-state index in [1.807, 2.05) is 82.9 Å². The van der Waals surface area contributed by atoms with E-state index in [2.05, 4.69) is 42.9 Å². The van der Waals surface area contributed by atoms with E-state index >= 15 is 0 Å². The van der Waals surface area contributed by atoms with Crippen molar-refractivity contribution in [2.45, 2.75) is 89.2 Å². The number of aliphatic imine (C=N–C) groups is 1. The van der Waals surface area contributed by atoms with E-state index in [0.29, 0.717) is 21.8 Å². The van der Waals surface area contributed by atoms with Crippen molar-refractivity contribution in [2.75, 3.05) is 6.66 Å². The van der Waals surface area contributed by atoms with Crippen LogP contribution in [-0.2, 0) is 22.9 Å². The first-order valence-corrected chi connectivity index (χ1v) is 22.0. The Morgan fingerprint density at radius 2 is 1.15 bits per heavy atom. The van der Waals surface area contributed by atoms with Gasteiger partial charge in [-0.2, -0.15) is 0 Å². The molecule has 1 saturated carbocycles. The van der Waals surface area contributed by atoms with Gasteiger partial charge in [0.05, 0.1) is 22.7 Å². The second-order valence-corrected chi connectivity index (χ2v) is 15.0. The summed E-state index contributed by atoms with van der Waals surface area (Å²) >= 11 is 12.0. The first-order chi connectivity index (χ1) is 26.5. The fraction of sp³-hybridized carbons (Fsp3) is 0.326. The molecule has 4 aromatic carbocycles. The molecule has 294 valence electrons. The molecule has 1 unspecified atom stereocenters. The summed E-state index contributed by atoms with van der Waals surface area (Å²) in [6, 6.07) is 24.9. The van der Waals surface area contributed by atoms with Gasteiger partial charge in [-0.1, -0.05) is 94.5 Å². The Kier molecular flexibility index (Phi) is 18.2. The van der Waals surface area contributed by atoms with Crippen LogP contribution in [0.25, 0.3) is 5.70 Å². The molecule has 3 N–H and O–H groups in total. The Hall–Kier alpha value is -3.85. The molecule has 0 saturated heterocycles. The topological polar surface area (TPSA) is 117 Å². The normalized spacial score (nSPS) is 16.0. The highest BCUT2D eigenvalue weighted by Gasteiger charge is 2.29. The molecule has 3 aliphatic rings. The fourth-order valence-corrected chi connectivity index (χ4v) is 7.92. The van der Waals surface area contributed by atoms with Crippen LogP contribution in [0, 0.1) is 0 Å². The third kappa shape index (κ3) is 12.6. The summed E-state index contributed by atoms with van der Waals surface area (Å²) in [4.78, 5) is 29.1. The Labute approximate surface area is 339 Å². The average molecular weight is 824 g/mol. The lowest BCUT2D eigenvalue weighted by atomic mass is 10.1. The van der Waals surface area contributed by atoms with Crippen LogP contribution in [0.5, 0.6) is 0 Å². The second-order valence-electron chi connectivity index (χ2n) is 12.4. The van der Waals surface area contributed by atoms with Gasteiger partial charge in [-0.15, -0.1) is 9.24 Å². The quantitative estimate of drug-likeness (QED) is 0.115. The SMILES string of the molecule is C=NC(=C)c1cccc(C(=O)N[C@@H]2CCc3cc(Cl)ccc32)c1.CC.CC.CP.O=C(N[C@@H]1CCc2cc(Cl)ccc21)c1cccc(S(=O)(=O)NC2CC2)c1. The van der Waals surface area contributed by atoms with Crippen LogP contribution >= 0.6 is 32.4 Å². The fourth-order valence-electron chi connectivity index (χ4n) is 6.18. The van der Waals surface area contributed by atoms with E-state index in [-0.39, 0.29) is 34.8 Å². The van der Waals surface area contributed by atoms with E-state index < -0.39 is 10.0 Å². The maximum atomic E-state index is 12.6. The maximum Gasteiger partial charge on any atom is 0.251 e. The van der Waals surface area contributed by atoms with Gasteiger partial charge in [0.2, 0.25) is 10.0 Å². The number of hydrogen-bond acceptors (Lipinski definition) is 5. The molecule has 7 rings (SSSR count). The van der Waals surface area contributed by atoms with Crippen LogP contribution in [0.3, 0.4) is 0 Å². The number of nitrogens with zero attached hydrogens (tertiary/aromatic N) is 1. The molecule has 12 heteroatoms. The van der Waals surface area contributed by atoms with E-state index in [9.17, 15) is 18.0 Å². The molecular formula is C43H53Cl2N4O4PS. The lowest BCUT2D eigenvalue weighted by Crippen LogP contribution is -2.28. The van der Waals surface area contributed by atoms with Crippen molar-refractivity contribution in [3.05, 3.63) is 140 Å². The molecular weight excluding hydrogens is 770 g/mol. The molecule has 0 aromatic heterocycles. The molecule has 0 heterocycles. The minimum absolute atomic E-state index is 0.0270. The molecule has 0 radical (unpaired) electrons. The number of nitrogens with one attached hydrogen (secondary N) is 3. The number of amides is 2. The number of hydrogen-bond donors (Lipinski definition) is 3. The standard InChI is InChI=1S/C19H19ClN2O3S.C19H17ClN2O.2C2H6.CH5P/c20-14-5-8-17-12(10-14)4-9-18(17)21-19(23)13-2-1-3-16(11-13)26(24,25)22-15-6-7-15;1-12(21-2)13-4-3-5-15(10-13)19(23)22-18-9-6-14-11-16(20)7-8-17(14)18;3*1-2/h1-3,5,8,10-11,15,18,22H,4,6-7,9H2,(H,21,23);3-5,7-8,10-11,18H,1-2,6,9H2,(H,22,23);2*1-2H3;2H2,1H3/t2*18-;;;/m11.../s1. The summed E-state index contributed by atoms with van der Waals surface area (Å²) in [6.07, 6.45) is 5.22. The highest BCUT2D eigenvalue weighted by atomic mass is 35.5. The average Bonchev–Trinajstić information content (AvgIpc) is 3.81. The summed E-state index contributed by atoms with van der Waals surface area (Å²) in [5.41, 5.74) is 6.86. The molecule has 3 aliphatic carbocycles. The van der Waals surface area contributed by atoms with Gasteiger partial charge in [0.25, 0.3) is 11.8 Å². The number of aryl methyl sites for hydroxylation is 2. The number of benzene rings is 4. The number of carbonyl (C=O) groups excluding carboxylic acids is 2. The lowest BCUT2D eigenvalue weighted by molar-refractivity contribution is 0.0928. The first-order valence-electron chi connectivity index (χ1n) is 18.7. The van der Waals surface area contributed by atoms with Crippen molar-refractivity contribution in [1.29, 1.82) is 0 Å². The van der Waals surface area contributed by atoms with Gasteiger partial charge >= 0.3 is 0 Å². The monoisotopic (exact) mass is 822 g/mol. The van der Waals surface area contributed by atoms with Crippen molar-refractivity contribution >= 4 is 66.7 Å². The Balaban J connectivity index is 0.000000262. The number of rotatable bonds is 9. The highest BCUT2D eigenvalue weighted by molar-refractivity contribution is 7.89. The lowest BCUT2D eigenvalue weighted by Gasteiger charge is -2.15. The predicted octanol–water partition coefficient (Wildman–Crippen LogP) is 10.2. The van der Waals surface area contributed by atoms with Gasteiger partial charge in [-0.25, -0.2) is 13.1 Å². The van der Waals surface area contributed by atoms with Crippen LogP contribution in [0.15, 0.2) is 101 Å².